The van der Waals surface area contributed by atoms with Crippen LogP contribution in [0.4, 0.5) is 0 Å². The standard InChI is InChI=1S/C32H55N7O13S/c1-15(2)11-20(29(48)35-18(7-8-24(41)42)27(46)38-22(32(51)52)12-16(3)4)36-30(49)21(13-25(43)44)37-31(50)23(14-40)39-28(47)19(9-10-53-6)34-26(45)17(5)33/h15-23,40H,7-14,33H2,1-6H3,(H,34,45)(H,35,48)(H,36,49)(H,37,50)(H,38,46)(H,39,47)(H,41,42)(H,43,44)(H,51,52)/t17-,18-,19-,20-,21-,22-,23-/m0/s1. The number of carboxylic acid groups (broad SMARTS) is 3. The Hall–Kier alpha value is -4.50. The van der Waals surface area contributed by atoms with Gasteiger partial charge in [0.15, 0.2) is 0 Å². The number of aliphatic carboxylic acids is 3. The molecule has 0 fully saturated rings. The van der Waals surface area contributed by atoms with Gasteiger partial charge in [0.05, 0.1) is 19.1 Å². The summed E-state index contributed by atoms with van der Waals surface area (Å²) in [6, 6.07) is -10.0. The van der Waals surface area contributed by atoms with Gasteiger partial charge in [-0.05, 0) is 56.5 Å². The Bertz CT molecular complexity index is 1300. The molecular weight excluding hydrogens is 722 g/mol. The zero-order valence-electron chi connectivity index (χ0n) is 30.8. The quantitative estimate of drug-likeness (QED) is 0.0433. The van der Waals surface area contributed by atoms with Gasteiger partial charge in [0.2, 0.25) is 35.4 Å². The number of hydrogen-bond acceptors (Lipinski definition) is 12. The molecule has 0 aromatic carbocycles. The molecule has 0 heterocycles. The van der Waals surface area contributed by atoms with Gasteiger partial charge in [-0.15, -0.1) is 0 Å². The van der Waals surface area contributed by atoms with E-state index in [9.17, 15) is 63.6 Å². The van der Waals surface area contributed by atoms with Crippen molar-refractivity contribution in [2.75, 3.05) is 18.6 Å². The van der Waals surface area contributed by atoms with Crippen molar-refractivity contribution in [3.8, 4) is 0 Å². The van der Waals surface area contributed by atoms with Crippen molar-refractivity contribution >= 4 is 65.1 Å². The number of thioether (sulfide) groups is 1. The highest BCUT2D eigenvalue weighted by Crippen LogP contribution is 2.10. The highest BCUT2D eigenvalue weighted by molar-refractivity contribution is 7.98. The summed E-state index contributed by atoms with van der Waals surface area (Å²) < 4.78 is 0. The van der Waals surface area contributed by atoms with Crippen LogP contribution in [-0.2, 0) is 43.2 Å². The summed E-state index contributed by atoms with van der Waals surface area (Å²) in [6.07, 6.45) is -0.191. The van der Waals surface area contributed by atoms with Gasteiger partial charge >= 0.3 is 17.9 Å². The smallest absolute Gasteiger partial charge is 0.326 e. The first kappa shape index (κ1) is 48.5. The number of carboxylic acids is 3. The Morgan fingerprint density at radius 2 is 0.943 bits per heavy atom. The molecule has 0 aliphatic carbocycles. The van der Waals surface area contributed by atoms with Crippen LogP contribution in [0, 0.1) is 11.8 Å². The second-order valence-corrected chi connectivity index (χ2v) is 14.2. The van der Waals surface area contributed by atoms with Gasteiger partial charge in [-0.1, -0.05) is 27.7 Å². The van der Waals surface area contributed by atoms with E-state index in [-0.39, 0.29) is 31.1 Å². The number of nitrogens with one attached hydrogen (secondary N) is 6. The summed E-state index contributed by atoms with van der Waals surface area (Å²) in [6.45, 7) is 7.20. The molecule has 0 aliphatic heterocycles. The molecule has 0 saturated heterocycles. The van der Waals surface area contributed by atoms with Crippen LogP contribution >= 0.6 is 11.8 Å². The van der Waals surface area contributed by atoms with Crippen LogP contribution in [0.3, 0.4) is 0 Å². The average molecular weight is 778 g/mol. The van der Waals surface area contributed by atoms with E-state index in [1.807, 2.05) is 0 Å². The van der Waals surface area contributed by atoms with Crippen LogP contribution < -0.4 is 37.6 Å². The molecule has 0 radical (unpaired) electrons. The minimum Gasteiger partial charge on any atom is -0.481 e. The van der Waals surface area contributed by atoms with E-state index < -0.39 is 122 Å². The molecule has 20 nitrogen and oxygen atoms in total. The summed E-state index contributed by atoms with van der Waals surface area (Å²) >= 11 is 1.37. The maximum absolute atomic E-state index is 13.5. The van der Waals surface area contributed by atoms with Crippen molar-refractivity contribution in [3.05, 3.63) is 0 Å². The van der Waals surface area contributed by atoms with E-state index in [0.29, 0.717) is 5.75 Å². The molecule has 0 saturated carbocycles. The third-order valence-electron chi connectivity index (χ3n) is 7.43. The van der Waals surface area contributed by atoms with Crippen LogP contribution in [0.1, 0.15) is 73.1 Å². The SMILES string of the molecule is CSCC[C@H](NC(=O)[C@H](C)N)C(=O)N[C@@H](CO)C(=O)N[C@@H](CC(=O)O)C(=O)N[C@@H](CC(C)C)C(=O)N[C@@H](CCC(=O)O)C(=O)N[C@@H](CC(C)C)C(=O)O. The van der Waals surface area contributed by atoms with Crippen molar-refractivity contribution < 1.29 is 63.6 Å². The molecule has 53 heavy (non-hydrogen) atoms. The average Bonchev–Trinajstić information content (AvgIpc) is 3.04. The summed E-state index contributed by atoms with van der Waals surface area (Å²) in [5.74, 6) is -10.0. The highest BCUT2D eigenvalue weighted by Gasteiger charge is 2.34. The van der Waals surface area contributed by atoms with Crippen LogP contribution in [-0.4, -0.2) is 135 Å². The van der Waals surface area contributed by atoms with Gasteiger partial charge in [0.1, 0.15) is 36.3 Å². The number of nitrogens with two attached hydrogens (primary N) is 1. The fourth-order valence-electron chi connectivity index (χ4n) is 4.68. The molecule has 7 atom stereocenters. The van der Waals surface area contributed by atoms with Gasteiger partial charge in [0, 0.05) is 6.42 Å². The van der Waals surface area contributed by atoms with Crippen LogP contribution in [0.2, 0.25) is 0 Å². The summed E-state index contributed by atoms with van der Waals surface area (Å²) in [5.41, 5.74) is 5.57. The van der Waals surface area contributed by atoms with Crippen molar-refractivity contribution in [2.45, 2.75) is 115 Å². The highest BCUT2D eigenvalue weighted by atomic mass is 32.2. The largest absolute Gasteiger partial charge is 0.481 e. The van der Waals surface area contributed by atoms with Gasteiger partial charge in [-0.25, -0.2) is 4.79 Å². The first-order valence-electron chi connectivity index (χ1n) is 17.0. The van der Waals surface area contributed by atoms with E-state index in [4.69, 9.17) is 5.73 Å². The number of rotatable bonds is 26. The number of carbonyl (C=O) groups excluding carboxylic acids is 6. The lowest BCUT2D eigenvalue weighted by Crippen LogP contribution is -2.60. The second kappa shape index (κ2) is 24.7. The van der Waals surface area contributed by atoms with Crippen LogP contribution in [0.15, 0.2) is 0 Å². The van der Waals surface area contributed by atoms with E-state index in [1.54, 1.807) is 34.0 Å². The lowest BCUT2D eigenvalue weighted by Gasteiger charge is -2.27. The maximum Gasteiger partial charge on any atom is 0.326 e. The third kappa shape index (κ3) is 19.8. The molecule has 0 aliphatic rings. The first-order chi connectivity index (χ1) is 24.6. The van der Waals surface area contributed by atoms with Crippen LogP contribution in [0.5, 0.6) is 0 Å². The fraction of sp³-hybridized carbons (Fsp3) is 0.719. The van der Waals surface area contributed by atoms with Crippen molar-refractivity contribution in [3.63, 3.8) is 0 Å². The summed E-state index contributed by atoms with van der Waals surface area (Å²) in [4.78, 5) is 113. The number of amides is 6. The Kier molecular flexibility index (Phi) is 22.6. The lowest BCUT2D eigenvalue weighted by molar-refractivity contribution is -0.143. The molecule has 0 bridgehead atoms. The van der Waals surface area contributed by atoms with E-state index in [0.717, 1.165) is 0 Å². The fourth-order valence-corrected chi connectivity index (χ4v) is 5.15. The Morgan fingerprint density at radius 1 is 0.547 bits per heavy atom. The number of carbonyl (C=O) groups is 9. The minimum absolute atomic E-state index is 0.0347. The number of aliphatic hydroxyl groups is 1. The molecular formula is C32H55N7O13S. The summed E-state index contributed by atoms with van der Waals surface area (Å²) in [7, 11) is 0. The predicted octanol–water partition coefficient (Wildman–Crippen LogP) is -2.50. The van der Waals surface area contributed by atoms with Crippen molar-refractivity contribution in [1.82, 2.24) is 31.9 Å². The molecule has 6 amide bonds. The number of aliphatic hydroxyl groups excluding tert-OH is 1. The monoisotopic (exact) mass is 777 g/mol. The second-order valence-electron chi connectivity index (χ2n) is 13.2. The maximum atomic E-state index is 13.5. The Labute approximate surface area is 311 Å². The minimum atomic E-state index is -1.85. The lowest BCUT2D eigenvalue weighted by atomic mass is 10.0. The predicted molar refractivity (Wildman–Crippen MR) is 191 cm³/mol. The molecule has 0 aromatic heterocycles. The Balaban J connectivity index is 6.17. The van der Waals surface area contributed by atoms with Gasteiger partial charge < -0.3 is 58.1 Å². The molecule has 0 aromatic rings. The van der Waals surface area contributed by atoms with Crippen molar-refractivity contribution in [1.29, 1.82) is 0 Å². The molecule has 0 rings (SSSR count). The van der Waals surface area contributed by atoms with Gasteiger partial charge in [-0.2, -0.15) is 11.8 Å². The third-order valence-corrected chi connectivity index (χ3v) is 8.07. The normalized spacial score (nSPS) is 15.1. The first-order valence-corrected chi connectivity index (χ1v) is 18.4. The van der Waals surface area contributed by atoms with E-state index in [2.05, 4.69) is 31.9 Å². The van der Waals surface area contributed by atoms with E-state index in [1.165, 1.54) is 18.7 Å². The zero-order valence-corrected chi connectivity index (χ0v) is 31.6. The molecule has 302 valence electrons. The van der Waals surface area contributed by atoms with Crippen molar-refractivity contribution in [2.24, 2.45) is 17.6 Å². The molecule has 0 unspecified atom stereocenters. The Morgan fingerprint density at radius 3 is 1.40 bits per heavy atom. The molecule has 21 heteroatoms. The van der Waals surface area contributed by atoms with Gasteiger partial charge in [-0.3, -0.25) is 38.4 Å². The van der Waals surface area contributed by atoms with Crippen LogP contribution in [0.25, 0.3) is 0 Å². The van der Waals surface area contributed by atoms with Gasteiger partial charge in [0.25, 0.3) is 0 Å². The molecule has 12 N–H and O–H groups in total. The topological polar surface area (TPSA) is 333 Å². The number of hydrogen-bond donors (Lipinski definition) is 11. The summed E-state index contributed by atoms with van der Waals surface area (Å²) in [5, 5.41) is 52.0. The molecule has 0 spiro atoms. The van der Waals surface area contributed by atoms with E-state index >= 15 is 0 Å². The zero-order chi connectivity index (χ0) is 41.0.